The first-order valence-electron chi connectivity index (χ1n) is 8.70. The van der Waals surface area contributed by atoms with Crippen LogP contribution in [-0.4, -0.2) is 17.6 Å². The van der Waals surface area contributed by atoms with Gasteiger partial charge < -0.3 is 14.8 Å². The van der Waals surface area contributed by atoms with Crippen LogP contribution in [0, 0.1) is 0 Å². The standard InChI is InChI=1S/C21H25NO3/c1-14(2)24-18-11-7-6-10-16(18)20(23)22-17-13-21(3,4)25-19-12-8-5-9-15(17)19/h5-12,14,17H,13H2,1-4H3,(H,22,23). The maximum absolute atomic E-state index is 12.9. The van der Waals surface area contributed by atoms with E-state index >= 15 is 0 Å². The van der Waals surface area contributed by atoms with E-state index in [0.29, 0.717) is 17.7 Å². The molecular weight excluding hydrogens is 314 g/mol. The van der Waals surface area contributed by atoms with Crippen LogP contribution in [0.4, 0.5) is 0 Å². The summed E-state index contributed by atoms with van der Waals surface area (Å²) in [6, 6.07) is 15.1. The Morgan fingerprint density at radius 2 is 1.84 bits per heavy atom. The minimum absolute atomic E-state index is 0.0108. The van der Waals surface area contributed by atoms with Crippen LogP contribution in [0.3, 0.4) is 0 Å². The summed E-state index contributed by atoms with van der Waals surface area (Å²) in [4.78, 5) is 12.9. The van der Waals surface area contributed by atoms with E-state index in [-0.39, 0.29) is 23.7 Å². The predicted molar refractivity (Wildman–Crippen MR) is 98.2 cm³/mol. The van der Waals surface area contributed by atoms with Gasteiger partial charge in [-0.2, -0.15) is 0 Å². The maximum Gasteiger partial charge on any atom is 0.255 e. The molecule has 1 N–H and O–H groups in total. The van der Waals surface area contributed by atoms with Crippen molar-refractivity contribution in [1.82, 2.24) is 5.32 Å². The number of hydrogen-bond acceptors (Lipinski definition) is 3. The number of rotatable bonds is 4. The number of hydrogen-bond donors (Lipinski definition) is 1. The van der Waals surface area contributed by atoms with Crippen molar-refractivity contribution in [2.24, 2.45) is 0 Å². The molecule has 0 aromatic heterocycles. The van der Waals surface area contributed by atoms with Crippen molar-refractivity contribution in [1.29, 1.82) is 0 Å². The Labute approximate surface area is 149 Å². The third-order valence-electron chi connectivity index (χ3n) is 4.18. The molecule has 0 aliphatic carbocycles. The summed E-state index contributed by atoms with van der Waals surface area (Å²) in [6.45, 7) is 7.98. The molecule has 1 amide bonds. The van der Waals surface area contributed by atoms with Gasteiger partial charge in [-0.3, -0.25) is 4.79 Å². The highest BCUT2D eigenvalue weighted by Gasteiger charge is 2.34. The van der Waals surface area contributed by atoms with Crippen LogP contribution < -0.4 is 14.8 Å². The minimum atomic E-state index is -0.333. The van der Waals surface area contributed by atoms with Gasteiger partial charge in [-0.05, 0) is 45.9 Å². The molecule has 0 saturated carbocycles. The summed E-state index contributed by atoms with van der Waals surface area (Å²) >= 11 is 0. The fraction of sp³-hybridized carbons (Fsp3) is 0.381. The number of ether oxygens (including phenoxy) is 2. The van der Waals surface area contributed by atoms with Gasteiger partial charge in [0.05, 0.1) is 17.7 Å². The van der Waals surface area contributed by atoms with E-state index in [1.165, 1.54) is 0 Å². The second-order valence-electron chi connectivity index (χ2n) is 7.29. The summed E-state index contributed by atoms with van der Waals surface area (Å²) in [5.41, 5.74) is 1.23. The van der Waals surface area contributed by atoms with Crippen LogP contribution in [0.25, 0.3) is 0 Å². The molecule has 2 aromatic rings. The molecule has 2 aromatic carbocycles. The first-order chi connectivity index (χ1) is 11.9. The van der Waals surface area contributed by atoms with Crippen molar-refractivity contribution in [2.45, 2.75) is 51.9 Å². The molecule has 4 nitrogen and oxygen atoms in total. The summed E-state index contributed by atoms with van der Waals surface area (Å²) in [5, 5.41) is 3.16. The van der Waals surface area contributed by atoms with Crippen molar-refractivity contribution in [3.05, 3.63) is 59.7 Å². The summed E-state index contributed by atoms with van der Waals surface area (Å²) < 4.78 is 11.8. The Kier molecular flexibility index (Phi) is 4.71. The van der Waals surface area contributed by atoms with Crippen molar-refractivity contribution in [2.75, 3.05) is 0 Å². The summed E-state index contributed by atoms with van der Waals surface area (Å²) in [6.07, 6.45) is 0.722. The normalized spacial score (nSPS) is 18.2. The molecule has 0 fully saturated rings. The molecule has 1 atom stereocenters. The fourth-order valence-electron chi connectivity index (χ4n) is 3.18. The molecule has 25 heavy (non-hydrogen) atoms. The topological polar surface area (TPSA) is 47.6 Å². The molecule has 1 heterocycles. The number of nitrogens with one attached hydrogen (secondary N) is 1. The van der Waals surface area contributed by atoms with Crippen LogP contribution in [0.1, 0.15) is 56.1 Å². The van der Waals surface area contributed by atoms with E-state index in [1.807, 2.05) is 70.2 Å². The van der Waals surface area contributed by atoms with Gasteiger partial charge >= 0.3 is 0 Å². The highest BCUT2D eigenvalue weighted by molar-refractivity contribution is 5.97. The molecule has 0 radical (unpaired) electrons. The second kappa shape index (κ2) is 6.79. The van der Waals surface area contributed by atoms with E-state index in [0.717, 1.165) is 11.3 Å². The largest absolute Gasteiger partial charge is 0.490 e. The van der Waals surface area contributed by atoms with Gasteiger partial charge in [0.1, 0.15) is 17.1 Å². The zero-order valence-electron chi connectivity index (χ0n) is 15.2. The molecule has 4 heteroatoms. The smallest absolute Gasteiger partial charge is 0.255 e. The Balaban J connectivity index is 1.87. The molecular formula is C21H25NO3. The van der Waals surface area contributed by atoms with Gasteiger partial charge in [-0.1, -0.05) is 30.3 Å². The maximum atomic E-state index is 12.9. The van der Waals surface area contributed by atoms with E-state index in [2.05, 4.69) is 5.32 Å². The lowest BCUT2D eigenvalue weighted by atomic mass is 9.89. The summed E-state index contributed by atoms with van der Waals surface area (Å²) in [5.74, 6) is 1.30. The highest BCUT2D eigenvalue weighted by Crippen LogP contribution is 2.39. The zero-order chi connectivity index (χ0) is 18.0. The molecule has 132 valence electrons. The monoisotopic (exact) mass is 339 g/mol. The lowest BCUT2D eigenvalue weighted by molar-refractivity contribution is 0.0618. The number of fused-ring (bicyclic) bond motifs is 1. The van der Waals surface area contributed by atoms with E-state index < -0.39 is 0 Å². The molecule has 1 aliphatic heterocycles. The molecule has 1 unspecified atom stereocenters. The SMILES string of the molecule is CC(C)Oc1ccccc1C(=O)NC1CC(C)(C)Oc2ccccc21. The predicted octanol–water partition coefficient (Wildman–Crippen LogP) is 4.51. The van der Waals surface area contributed by atoms with Crippen LogP contribution in [0.5, 0.6) is 11.5 Å². The fourth-order valence-corrected chi connectivity index (χ4v) is 3.18. The average molecular weight is 339 g/mol. The summed E-state index contributed by atoms with van der Waals surface area (Å²) in [7, 11) is 0. The quantitative estimate of drug-likeness (QED) is 0.892. The Morgan fingerprint density at radius 3 is 2.60 bits per heavy atom. The number of para-hydroxylation sites is 2. The van der Waals surface area contributed by atoms with Crippen molar-refractivity contribution < 1.29 is 14.3 Å². The third kappa shape index (κ3) is 3.95. The lowest BCUT2D eigenvalue weighted by Crippen LogP contribution is -2.41. The number of carbonyl (C=O) groups excluding carboxylic acids is 1. The second-order valence-corrected chi connectivity index (χ2v) is 7.29. The van der Waals surface area contributed by atoms with Gasteiger partial charge in [0.2, 0.25) is 0 Å². The van der Waals surface area contributed by atoms with Crippen molar-refractivity contribution in [3.8, 4) is 11.5 Å². The molecule has 0 saturated heterocycles. The molecule has 1 aliphatic rings. The van der Waals surface area contributed by atoms with Gasteiger partial charge in [0.25, 0.3) is 5.91 Å². The number of benzene rings is 2. The lowest BCUT2D eigenvalue weighted by Gasteiger charge is -2.37. The number of carbonyl (C=O) groups is 1. The third-order valence-corrected chi connectivity index (χ3v) is 4.18. The van der Waals surface area contributed by atoms with Crippen molar-refractivity contribution >= 4 is 5.91 Å². The van der Waals surface area contributed by atoms with Crippen LogP contribution in [0.15, 0.2) is 48.5 Å². The number of amides is 1. The van der Waals surface area contributed by atoms with Crippen LogP contribution in [0.2, 0.25) is 0 Å². The minimum Gasteiger partial charge on any atom is -0.490 e. The first kappa shape index (κ1) is 17.3. The van der Waals surface area contributed by atoms with Gasteiger partial charge in [0.15, 0.2) is 0 Å². The highest BCUT2D eigenvalue weighted by atomic mass is 16.5. The molecule has 3 rings (SSSR count). The van der Waals surface area contributed by atoms with Crippen LogP contribution >= 0.6 is 0 Å². The van der Waals surface area contributed by atoms with Gasteiger partial charge in [0, 0.05) is 12.0 Å². The van der Waals surface area contributed by atoms with Crippen molar-refractivity contribution in [3.63, 3.8) is 0 Å². The van der Waals surface area contributed by atoms with E-state index in [9.17, 15) is 4.79 Å². The van der Waals surface area contributed by atoms with Gasteiger partial charge in [-0.15, -0.1) is 0 Å². The van der Waals surface area contributed by atoms with E-state index in [4.69, 9.17) is 9.47 Å². The van der Waals surface area contributed by atoms with Gasteiger partial charge in [-0.25, -0.2) is 0 Å². The molecule has 0 bridgehead atoms. The average Bonchev–Trinajstić information content (AvgIpc) is 2.53. The Bertz CT molecular complexity index is 767. The zero-order valence-corrected chi connectivity index (χ0v) is 15.2. The first-order valence-corrected chi connectivity index (χ1v) is 8.70. The van der Waals surface area contributed by atoms with E-state index in [1.54, 1.807) is 6.07 Å². The van der Waals surface area contributed by atoms with Crippen LogP contribution in [-0.2, 0) is 0 Å². The Hall–Kier alpha value is -2.49. The Morgan fingerprint density at radius 1 is 1.16 bits per heavy atom. The molecule has 0 spiro atoms.